The number of likely N-dealkylation sites (tertiary alicyclic amines) is 2. The van der Waals surface area contributed by atoms with Gasteiger partial charge in [0.05, 0.1) is 50.1 Å². The topological polar surface area (TPSA) is 175 Å². The van der Waals surface area contributed by atoms with E-state index >= 15 is 0 Å². The summed E-state index contributed by atoms with van der Waals surface area (Å²) in [5.74, 6) is 1.43. The summed E-state index contributed by atoms with van der Waals surface area (Å²) in [6.45, 7) is 8.29. The summed E-state index contributed by atoms with van der Waals surface area (Å²) in [5, 5.41) is 5.48. The van der Waals surface area contributed by atoms with E-state index in [2.05, 4.69) is 57.0 Å². The van der Waals surface area contributed by atoms with Gasteiger partial charge < -0.3 is 39.9 Å². The minimum Gasteiger partial charge on any atom is -0.453 e. The molecule has 14 nitrogen and oxygen atoms in total. The van der Waals surface area contributed by atoms with Gasteiger partial charge in [-0.25, -0.2) is 19.6 Å². The van der Waals surface area contributed by atoms with Crippen molar-refractivity contribution in [1.29, 1.82) is 0 Å². The number of ether oxygens (including phenoxy) is 2. The van der Waals surface area contributed by atoms with E-state index in [1.54, 1.807) is 0 Å². The zero-order valence-electron chi connectivity index (χ0n) is 34.1. The lowest BCUT2D eigenvalue weighted by atomic mass is 9.83. The highest BCUT2D eigenvalue weighted by atomic mass is 16.5. The first-order valence-electron chi connectivity index (χ1n) is 20.6. The molecule has 2 bridgehead atoms. The van der Waals surface area contributed by atoms with E-state index in [9.17, 15) is 19.2 Å². The van der Waals surface area contributed by atoms with Crippen LogP contribution in [-0.4, -0.2) is 92.6 Å². The number of alkyl carbamates (subject to hydrolysis) is 2. The Hall–Kier alpha value is -5.66. The molecule has 4 amide bonds. The highest BCUT2D eigenvalue weighted by Crippen LogP contribution is 2.50. The van der Waals surface area contributed by atoms with Gasteiger partial charge in [0.25, 0.3) is 0 Å². The number of aromatic nitrogens is 4. The van der Waals surface area contributed by atoms with Crippen LogP contribution in [0.3, 0.4) is 0 Å². The van der Waals surface area contributed by atoms with Crippen molar-refractivity contribution in [3.63, 3.8) is 0 Å². The number of carbonyl (C=O) groups is 4. The normalized spacial score (nSPS) is 21.8. The third kappa shape index (κ3) is 7.21. The number of hydrogen-bond donors (Lipinski definition) is 4. The fraction of sp³-hybridized carbons (Fsp3) is 0.500. The molecular weight excluding hydrogens is 737 g/mol. The Bertz CT molecular complexity index is 2210. The number of benzene rings is 2. The van der Waals surface area contributed by atoms with Gasteiger partial charge in [-0.1, -0.05) is 52.0 Å². The molecule has 1 saturated carbocycles. The Morgan fingerprint density at radius 2 is 1.29 bits per heavy atom. The van der Waals surface area contributed by atoms with E-state index < -0.39 is 24.3 Å². The van der Waals surface area contributed by atoms with Crippen LogP contribution in [0, 0.1) is 17.8 Å². The molecule has 0 unspecified atom stereocenters. The highest BCUT2D eigenvalue weighted by Gasteiger charge is 2.51. The number of fused-ring (bicyclic) bond motifs is 5. The number of carbonyl (C=O) groups excluding carboxylic acids is 4. The molecule has 14 heteroatoms. The summed E-state index contributed by atoms with van der Waals surface area (Å²) in [4.78, 5) is 72.3. The first-order chi connectivity index (χ1) is 27.9. The Balaban J connectivity index is 0.983. The van der Waals surface area contributed by atoms with Gasteiger partial charge in [0, 0.05) is 12.6 Å². The van der Waals surface area contributed by atoms with Crippen LogP contribution >= 0.6 is 0 Å². The number of imidazole rings is 2. The number of nitrogens with one attached hydrogen (secondary N) is 4. The van der Waals surface area contributed by atoms with Crippen molar-refractivity contribution < 1.29 is 28.7 Å². The van der Waals surface area contributed by atoms with E-state index in [-0.39, 0.29) is 41.8 Å². The summed E-state index contributed by atoms with van der Waals surface area (Å²) in [5.41, 5.74) is 8.88. The van der Waals surface area contributed by atoms with Gasteiger partial charge in [-0.3, -0.25) is 9.59 Å². The lowest BCUT2D eigenvalue weighted by Crippen LogP contribution is -2.54. The lowest BCUT2D eigenvalue weighted by Gasteiger charge is -2.37. The molecule has 2 saturated heterocycles. The SMILES string of the molecule is COC(=O)N[C@H](C(=O)N1CCC[C@H]1c1ncc(-c2ccc3c(c2)CCc2cc(-c4cnc([C@@H]5[C@@H]6CC[C@H](C6)N5C(=O)[C@@H](NC(=O)OC)C(C)C)[nH]4)ccc2-3)[nH]1)C(C)C. The maximum atomic E-state index is 14.0. The molecule has 0 spiro atoms. The fourth-order valence-corrected chi connectivity index (χ4v) is 9.73. The van der Waals surface area contributed by atoms with E-state index in [1.165, 1.54) is 36.5 Å². The minimum absolute atomic E-state index is 0.0855. The number of nitrogens with zero attached hydrogens (tertiary/aromatic N) is 4. The zero-order valence-corrected chi connectivity index (χ0v) is 34.1. The van der Waals surface area contributed by atoms with Crippen molar-refractivity contribution >= 4 is 24.0 Å². The van der Waals surface area contributed by atoms with Crippen LogP contribution in [0.15, 0.2) is 48.8 Å². The Kier molecular flexibility index (Phi) is 10.8. The van der Waals surface area contributed by atoms with Crippen LogP contribution in [0.1, 0.15) is 94.7 Å². The summed E-state index contributed by atoms with van der Waals surface area (Å²) < 4.78 is 9.61. The van der Waals surface area contributed by atoms with Crippen LogP contribution in [-0.2, 0) is 31.9 Å². The van der Waals surface area contributed by atoms with Crippen LogP contribution in [0.5, 0.6) is 0 Å². The summed E-state index contributed by atoms with van der Waals surface area (Å²) in [6.07, 6.45) is 8.87. The van der Waals surface area contributed by atoms with Gasteiger partial charge >= 0.3 is 12.2 Å². The summed E-state index contributed by atoms with van der Waals surface area (Å²) in [6, 6.07) is 11.5. The van der Waals surface area contributed by atoms with E-state index in [4.69, 9.17) is 19.4 Å². The Labute approximate surface area is 338 Å². The van der Waals surface area contributed by atoms with Crippen LogP contribution in [0.25, 0.3) is 33.6 Å². The predicted octanol–water partition coefficient (Wildman–Crippen LogP) is 6.71. The van der Waals surface area contributed by atoms with Crippen LogP contribution in [0.2, 0.25) is 0 Å². The highest BCUT2D eigenvalue weighted by molar-refractivity contribution is 5.87. The number of piperidine rings is 1. The molecule has 4 N–H and O–H groups in total. The fourth-order valence-electron chi connectivity index (χ4n) is 9.73. The smallest absolute Gasteiger partial charge is 0.407 e. The molecule has 2 aromatic heterocycles. The Morgan fingerprint density at radius 3 is 1.86 bits per heavy atom. The summed E-state index contributed by atoms with van der Waals surface area (Å²) >= 11 is 0. The number of aromatic amines is 2. The molecule has 2 aromatic carbocycles. The molecule has 0 radical (unpaired) electrons. The number of amides is 4. The van der Waals surface area contributed by atoms with Gasteiger partial charge in [-0.15, -0.1) is 0 Å². The number of H-pyrrole nitrogens is 2. The minimum atomic E-state index is -0.684. The van der Waals surface area contributed by atoms with Gasteiger partial charge in [0.2, 0.25) is 11.8 Å². The second-order valence-electron chi connectivity index (χ2n) is 16.9. The standard InChI is InChI=1S/C44H54N8O6/c1-23(2)36(49-43(55)57-5)41(53)51-17-7-8-35(51)39-45-21-33(47-39)27-12-15-31-25(18-27)9-10-26-19-28(13-16-32(26)31)34-22-46-40(48-34)38-29-11-14-30(20-29)52(38)42(54)37(24(3)4)50-44(56)58-6/h12-13,15-16,18-19,21-24,29-30,35-38H,7-11,14,17,20H2,1-6H3,(H,45,47)(H,46,48)(H,49,55)(H,50,56)/t29-,30-,35+,36+,37+,38+/m1/s1. The van der Waals surface area contributed by atoms with E-state index in [1.807, 2.05) is 49.9 Å². The molecule has 3 fully saturated rings. The second kappa shape index (κ2) is 15.9. The van der Waals surface area contributed by atoms with Crippen LogP contribution in [0.4, 0.5) is 9.59 Å². The van der Waals surface area contributed by atoms with Crippen molar-refractivity contribution in [2.24, 2.45) is 17.8 Å². The number of methoxy groups -OCH3 is 2. The predicted molar refractivity (Wildman–Crippen MR) is 217 cm³/mol. The number of rotatable bonds is 10. The van der Waals surface area contributed by atoms with Crippen molar-refractivity contribution in [3.05, 3.63) is 71.6 Å². The Morgan fingerprint density at radius 1 is 0.741 bits per heavy atom. The molecular formula is C44H54N8O6. The zero-order chi connectivity index (χ0) is 40.8. The number of aryl methyl sites for hydroxylation is 2. The third-order valence-electron chi connectivity index (χ3n) is 12.7. The molecule has 4 heterocycles. The molecule has 306 valence electrons. The quantitative estimate of drug-likeness (QED) is 0.137. The number of hydrogen-bond acceptors (Lipinski definition) is 8. The van der Waals surface area contributed by atoms with Crippen molar-refractivity contribution in [1.82, 2.24) is 40.4 Å². The van der Waals surface area contributed by atoms with Gasteiger partial charge in [0.1, 0.15) is 23.7 Å². The summed E-state index contributed by atoms with van der Waals surface area (Å²) in [7, 11) is 2.61. The van der Waals surface area contributed by atoms with E-state index in [0.29, 0.717) is 12.5 Å². The molecule has 8 rings (SSSR count). The molecule has 6 atom stereocenters. The largest absolute Gasteiger partial charge is 0.453 e. The molecule has 4 aliphatic rings. The van der Waals surface area contributed by atoms with Crippen molar-refractivity contribution in [2.45, 2.75) is 103 Å². The first kappa shape index (κ1) is 39.2. The van der Waals surface area contributed by atoms with Crippen LogP contribution < -0.4 is 10.6 Å². The monoisotopic (exact) mass is 790 g/mol. The molecule has 2 aliphatic carbocycles. The van der Waals surface area contributed by atoms with Crippen molar-refractivity contribution in [2.75, 3.05) is 20.8 Å². The van der Waals surface area contributed by atoms with Gasteiger partial charge in [-0.05, 0) is 108 Å². The second-order valence-corrected chi connectivity index (χ2v) is 16.9. The maximum absolute atomic E-state index is 14.0. The maximum Gasteiger partial charge on any atom is 0.407 e. The van der Waals surface area contributed by atoms with E-state index in [0.717, 1.165) is 79.1 Å². The first-order valence-corrected chi connectivity index (χ1v) is 20.6. The molecule has 4 aromatic rings. The van der Waals surface area contributed by atoms with Gasteiger partial charge in [-0.2, -0.15) is 0 Å². The molecule has 58 heavy (non-hydrogen) atoms. The average Bonchev–Trinajstić information content (AvgIpc) is 4.09. The average molecular weight is 791 g/mol. The third-order valence-corrected chi connectivity index (χ3v) is 12.7. The molecule has 2 aliphatic heterocycles. The van der Waals surface area contributed by atoms with Gasteiger partial charge in [0.15, 0.2) is 0 Å². The van der Waals surface area contributed by atoms with Crippen molar-refractivity contribution in [3.8, 4) is 33.6 Å². The lowest BCUT2D eigenvalue weighted by molar-refractivity contribution is -0.139.